The van der Waals surface area contributed by atoms with E-state index in [1.165, 1.54) is 0 Å². The number of nitrogens with zero attached hydrogens (tertiary/aromatic N) is 1. The largest absolute Gasteiger partial charge is 0.495 e. The highest BCUT2D eigenvalue weighted by Crippen LogP contribution is 2.26. The van der Waals surface area contributed by atoms with Crippen LogP contribution in [-0.4, -0.2) is 31.8 Å². The van der Waals surface area contributed by atoms with Crippen molar-refractivity contribution in [2.75, 3.05) is 25.6 Å². The van der Waals surface area contributed by atoms with Crippen molar-refractivity contribution in [2.24, 2.45) is 0 Å². The molecule has 0 amide bonds. The number of para-hydroxylation sites is 2. The van der Waals surface area contributed by atoms with E-state index in [0.29, 0.717) is 18.5 Å². The van der Waals surface area contributed by atoms with Gasteiger partial charge in [-0.15, -0.1) is 0 Å². The van der Waals surface area contributed by atoms with Gasteiger partial charge in [0.1, 0.15) is 5.75 Å². The second-order valence-corrected chi connectivity index (χ2v) is 3.94. The van der Waals surface area contributed by atoms with Gasteiger partial charge in [0, 0.05) is 19.2 Å². The quantitative estimate of drug-likeness (QED) is 0.787. The summed E-state index contributed by atoms with van der Waals surface area (Å²) < 4.78 is 5.27. The van der Waals surface area contributed by atoms with Crippen LogP contribution in [0.4, 0.5) is 5.69 Å². The number of carbonyl (C=O) groups is 1. The number of methoxy groups -OCH3 is 1. The van der Waals surface area contributed by atoms with Crippen LogP contribution >= 0.6 is 0 Å². The van der Waals surface area contributed by atoms with Crippen molar-refractivity contribution in [3.8, 4) is 5.75 Å². The average Bonchev–Trinajstić information content (AvgIpc) is 2.38. The molecule has 0 unspecified atom stereocenters. The topological polar surface area (TPSA) is 49.8 Å². The van der Waals surface area contributed by atoms with E-state index in [1.54, 1.807) is 13.2 Å². The maximum atomic E-state index is 10.9. The van der Waals surface area contributed by atoms with Gasteiger partial charge in [-0.2, -0.15) is 0 Å². The smallest absolute Gasteiger partial charge is 0.331 e. The molecule has 18 heavy (non-hydrogen) atoms. The minimum absolute atomic E-state index is 0.428. The molecule has 1 aromatic carbocycles. The Morgan fingerprint density at radius 3 is 2.67 bits per heavy atom. The van der Waals surface area contributed by atoms with Crippen LogP contribution in [0.2, 0.25) is 0 Å². The molecule has 0 aliphatic carbocycles. The van der Waals surface area contributed by atoms with Crippen LogP contribution in [0, 0.1) is 0 Å². The highest BCUT2D eigenvalue weighted by Gasteiger charge is 2.08. The number of anilines is 1. The molecule has 0 spiro atoms. The maximum Gasteiger partial charge on any atom is 0.331 e. The Hall–Kier alpha value is -1.97. The van der Waals surface area contributed by atoms with Crippen molar-refractivity contribution < 1.29 is 14.6 Å². The number of hydrogen-bond acceptors (Lipinski definition) is 3. The van der Waals surface area contributed by atoms with Gasteiger partial charge in [-0.25, -0.2) is 4.79 Å². The van der Waals surface area contributed by atoms with Crippen molar-refractivity contribution in [3.63, 3.8) is 0 Å². The molecule has 4 nitrogen and oxygen atoms in total. The number of rotatable bonds is 6. The summed E-state index contributed by atoms with van der Waals surface area (Å²) >= 11 is 0. The molecule has 1 N–H and O–H groups in total. The first-order valence-electron chi connectivity index (χ1n) is 5.86. The van der Waals surface area contributed by atoms with Crippen molar-refractivity contribution in [3.05, 3.63) is 35.9 Å². The molecule has 0 fully saturated rings. The number of likely N-dealkylation sites (N-methyl/N-ethyl adjacent to an activating group) is 1. The first kappa shape index (κ1) is 14.1. The van der Waals surface area contributed by atoms with Gasteiger partial charge in [0.05, 0.1) is 12.8 Å². The van der Waals surface area contributed by atoms with E-state index in [2.05, 4.69) is 0 Å². The fourth-order valence-electron chi connectivity index (χ4n) is 1.67. The summed E-state index contributed by atoms with van der Waals surface area (Å²) in [5, 5.41) is 8.95. The van der Waals surface area contributed by atoms with Crippen LogP contribution in [0.15, 0.2) is 35.9 Å². The van der Waals surface area contributed by atoms with E-state index in [4.69, 9.17) is 9.84 Å². The number of aliphatic carboxylic acids is 1. The van der Waals surface area contributed by atoms with Gasteiger partial charge in [0.25, 0.3) is 0 Å². The monoisotopic (exact) mass is 249 g/mol. The van der Waals surface area contributed by atoms with Gasteiger partial charge in [-0.1, -0.05) is 25.1 Å². The highest BCUT2D eigenvalue weighted by atomic mass is 16.5. The van der Waals surface area contributed by atoms with Crippen molar-refractivity contribution in [1.82, 2.24) is 0 Å². The summed E-state index contributed by atoms with van der Waals surface area (Å²) in [5.41, 5.74) is 1.37. The number of benzene rings is 1. The number of carboxylic acid groups (broad SMARTS) is 1. The first-order valence-corrected chi connectivity index (χ1v) is 5.86. The van der Waals surface area contributed by atoms with Crippen molar-refractivity contribution >= 4 is 11.7 Å². The maximum absolute atomic E-state index is 10.9. The molecule has 1 rings (SSSR count). The van der Waals surface area contributed by atoms with Crippen LogP contribution in [0.3, 0.4) is 0 Å². The molecule has 4 heteroatoms. The van der Waals surface area contributed by atoms with Gasteiger partial charge >= 0.3 is 5.97 Å². The SMILES string of the molecule is CCC(=CCN(C)c1ccccc1OC)C(=O)O. The molecular formula is C14H19NO3. The minimum Gasteiger partial charge on any atom is -0.495 e. The number of carboxylic acids is 1. The molecule has 98 valence electrons. The molecule has 1 aromatic rings. The molecule has 0 atom stereocenters. The summed E-state index contributed by atoms with van der Waals surface area (Å²) in [6.45, 7) is 2.37. The van der Waals surface area contributed by atoms with Gasteiger partial charge in [0.2, 0.25) is 0 Å². The number of ether oxygens (including phenoxy) is 1. The van der Waals surface area contributed by atoms with E-state index in [1.807, 2.05) is 43.1 Å². The van der Waals surface area contributed by atoms with E-state index in [9.17, 15) is 4.79 Å². The normalized spacial score (nSPS) is 11.2. The third-order valence-electron chi connectivity index (χ3n) is 2.76. The summed E-state index contributed by atoms with van der Waals surface area (Å²) in [4.78, 5) is 12.8. The summed E-state index contributed by atoms with van der Waals surface area (Å²) in [5.74, 6) is -0.0762. The lowest BCUT2D eigenvalue weighted by molar-refractivity contribution is -0.132. The minimum atomic E-state index is -0.856. The third kappa shape index (κ3) is 3.52. The molecule has 0 aliphatic heterocycles. The Balaban J connectivity index is 2.82. The molecule has 0 aromatic heterocycles. The second kappa shape index (κ2) is 6.69. The van der Waals surface area contributed by atoms with E-state index in [0.717, 1.165) is 11.4 Å². The summed E-state index contributed by atoms with van der Waals surface area (Å²) in [7, 11) is 3.53. The Morgan fingerprint density at radius 2 is 2.11 bits per heavy atom. The molecule has 0 heterocycles. The van der Waals surface area contributed by atoms with Crippen molar-refractivity contribution in [1.29, 1.82) is 0 Å². The van der Waals surface area contributed by atoms with Crippen LogP contribution in [-0.2, 0) is 4.79 Å². The molecule has 0 bridgehead atoms. The Bertz CT molecular complexity index is 440. The van der Waals surface area contributed by atoms with E-state index in [-0.39, 0.29) is 0 Å². The Labute approximate surface area is 107 Å². The van der Waals surface area contributed by atoms with Crippen LogP contribution in [0.1, 0.15) is 13.3 Å². The summed E-state index contributed by atoms with van der Waals surface area (Å²) in [6.07, 6.45) is 2.25. The predicted molar refractivity (Wildman–Crippen MR) is 72.3 cm³/mol. The molecule has 0 saturated heterocycles. The zero-order valence-corrected chi connectivity index (χ0v) is 11.0. The molecule has 0 aliphatic rings. The Morgan fingerprint density at radius 1 is 1.44 bits per heavy atom. The lowest BCUT2D eigenvalue weighted by Crippen LogP contribution is -2.18. The van der Waals surface area contributed by atoms with Gasteiger partial charge in [-0.3, -0.25) is 0 Å². The van der Waals surface area contributed by atoms with E-state index >= 15 is 0 Å². The fraction of sp³-hybridized carbons (Fsp3) is 0.357. The molecular weight excluding hydrogens is 230 g/mol. The fourth-order valence-corrected chi connectivity index (χ4v) is 1.67. The highest BCUT2D eigenvalue weighted by molar-refractivity contribution is 5.86. The van der Waals surface area contributed by atoms with Gasteiger partial charge in [-0.05, 0) is 18.6 Å². The van der Waals surface area contributed by atoms with E-state index < -0.39 is 5.97 Å². The van der Waals surface area contributed by atoms with Crippen LogP contribution in [0.5, 0.6) is 5.75 Å². The predicted octanol–water partition coefficient (Wildman–Crippen LogP) is 2.55. The molecule has 0 saturated carbocycles. The van der Waals surface area contributed by atoms with Crippen LogP contribution < -0.4 is 9.64 Å². The molecule has 0 radical (unpaired) electrons. The number of hydrogen-bond donors (Lipinski definition) is 1. The Kier molecular flexibility index (Phi) is 5.24. The standard InChI is InChI=1S/C14H19NO3/c1-4-11(14(16)17)9-10-15(2)12-7-5-6-8-13(12)18-3/h5-9H,4,10H2,1-3H3,(H,16,17). The zero-order valence-electron chi connectivity index (χ0n) is 11.0. The van der Waals surface area contributed by atoms with Gasteiger partial charge in [0.15, 0.2) is 0 Å². The zero-order chi connectivity index (χ0) is 13.5. The van der Waals surface area contributed by atoms with Crippen LogP contribution in [0.25, 0.3) is 0 Å². The lowest BCUT2D eigenvalue weighted by atomic mass is 10.2. The first-order chi connectivity index (χ1) is 8.60. The third-order valence-corrected chi connectivity index (χ3v) is 2.76. The second-order valence-electron chi connectivity index (χ2n) is 3.94. The van der Waals surface area contributed by atoms with Gasteiger partial charge < -0.3 is 14.7 Å². The lowest BCUT2D eigenvalue weighted by Gasteiger charge is -2.20. The average molecular weight is 249 g/mol. The summed E-state index contributed by atoms with van der Waals surface area (Å²) in [6, 6.07) is 7.66. The van der Waals surface area contributed by atoms with Crippen molar-refractivity contribution in [2.45, 2.75) is 13.3 Å².